The molecule has 4 amide bonds. The van der Waals surface area contributed by atoms with Crippen molar-refractivity contribution in [1.29, 1.82) is 0 Å². The quantitative estimate of drug-likeness (QED) is 0.210. The van der Waals surface area contributed by atoms with Crippen molar-refractivity contribution in [3.05, 3.63) is 98.5 Å². The molecule has 0 spiro atoms. The summed E-state index contributed by atoms with van der Waals surface area (Å²) in [6.07, 6.45) is 1.28. The van der Waals surface area contributed by atoms with E-state index in [4.69, 9.17) is 16.3 Å². The number of ether oxygens (including phenoxy) is 1. The first-order valence-corrected chi connectivity index (χ1v) is 11.2. The first kappa shape index (κ1) is 23.4. The molecule has 3 aromatic rings. The lowest BCUT2D eigenvalue weighted by atomic mass is 10.1. The maximum absolute atomic E-state index is 13.2. The highest BCUT2D eigenvalue weighted by Gasteiger charge is 2.37. The van der Waals surface area contributed by atoms with Crippen LogP contribution in [-0.4, -0.2) is 23.8 Å². The number of halogens is 2. The molecule has 7 nitrogen and oxygen atoms in total. The molecule has 0 atom stereocenters. The van der Waals surface area contributed by atoms with E-state index >= 15 is 0 Å². The van der Waals surface area contributed by atoms with Crippen LogP contribution in [0.15, 0.2) is 76.8 Å². The van der Waals surface area contributed by atoms with Gasteiger partial charge in [0.15, 0.2) is 0 Å². The molecule has 1 heterocycles. The van der Waals surface area contributed by atoms with Crippen LogP contribution in [0.3, 0.4) is 0 Å². The molecule has 0 saturated carbocycles. The summed E-state index contributed by atoms with van der Waals surface area (Å²) in [5, 5.41) is 2.65. The molecule has 9 heteroatoms. The molecular formula is C25H16BrClN2O5. The van der Waals surface area contributed by atoms with Crippen molar-refractivity contribution in [3.63, 3.8) is 0 Å². The molecule has 170 valence electrons. The molecule has 3 aromatic carbocycles. The lowest BCUT2D eigenvalue weighted by molar-refractivity contribution is -0.122. The topological polar surface area (TPSA) is 92.8 Å². The van der Waals surface area contributed by atoms with Gasteiger partial charge in [-0.3, -0.25) is 14.9 Å². The number of anilines is 1. The van der Waals surface area contributed by atoms with E-state index in [1.54, 1.807) is 48.5 Å². The number of hydrogen-bond acceptors (Lipinski definition) is 5. The van der Waals surface area contributed by atoms with Gasteiger partial charge in [-0.05, 0) is 67.6 Å². The molecular weight excluding hydrogens is 524 g/mol. The summed E-state index contributed by atoms with van der Waals surface area (Å²) >= 11 is 9.21. The Morgan fingerprint density at radius 1 is 1.00 bits per heavy atom. The first-order valence-electron chi connectivity index (χ1n) is 9.98. The van der Waals surface area contributed by atoms with Gasteiger partial charge in [0.25, 0.3) is 11.8 Å². The predicted molar refractivity (Wildman–Crippen MR) is 131 cm³/mol. The fourth-order valence-corrected chi connectivity index (χ4v) is 3.72. The van der Waals surface area contributed by atoms with Gasteiger partial charge in [0, 0.05) is 15.1 Å². The maximum Gasteiger partial charge on any atom is 0.343 e. The van der Waals surface area contributed by atoms with Crippen molar-refractivity contribution >= 4 is 63.1 Å². The zero-order valence-electron chi connectivity index (χ0n) is 17.7. The molecule has 34 heavy (non-hydrogen) atoms. The summed E-state index contributed by atoms with van der Waals surface area (Å²) in [6, 6.07) is 16.8. The van der Waals surface area contributed by atoms with E-state index in [1.807, 2.05) is 6.92 Å². The third-order valence-electron chi connectivity index (χ3n) is 4.95. The summed E-state index contributed by atoms with van der Waals surface area (Å²) in [6.45, 7) is 1.87. The average molecular weight is 540 g/mol. The number of amides is 4. The van der Waals surface area contributed by atoms with Crippen LogP contribution in [0.25, 0.3) is 6.08 Å². The Hall–Kier alpha value is -3.75. The van der Waals surface area contributed by atoms with E-state index in [9.17, 15) is 19.2 Å². The number of urea groups is 1. The zero-order chi connectivity index (χ0) is 24.4. The lowest BCUT2D eigenvalue weighted by Gasteiger charge is -2.26. The van der Waals surface area contributed by atoms with E-state index in [1.165, 1.54) is 24.3 Å². The maximum atomic E-state index is 13.2. The second-order valence-electron chi connectivity index (χ2n) is 7.37. The monoisotopic (exact) mass is 538 g/mol. The molecule has 0 radical (unpaired) electrons. The number of carbonyl (C=O) groups excluding carboxylic acids is 4. The lowest BCUT2D eigenvalue weighted by Crippen LogP contribution is -2.54. The summed E-state index contributed by atoms with van der Waals surface area (Å²) in [5.74, 6) is -2.18. The van der Waals surface area contributed by atoms with Gasteiger partial charge in [0.1, 0.15) is 11.3 Å². The molecule has 0 unspecified atom stereocenters. The number of esters is 1. The van der Waals surface area contributed by atoms with Crippen molar-refractivity contribution in [1.82, 2.24) is 5.32 Å². The van der Waals surface area contributed by atoms with Crippen LogP contribution in [0.4, 0.5) is 10.5 Å². The number of nitrogens with one attached hydrogen (secondary N) is 1. The smallest absolute Gasteiger partial charge is 0.343 e. The minimum atomic E-state index is -0.853. The van der Waals surface area contributed by atoms with Crippen LogP contribution in [0, 0.1) is 6.92 Å². The second kappa shape index (κ2) is 9.62. The number of rotatable bonds is 4. The van der Waals surface area contributed by atoms with Gasteiger partial charge in [0.2, 0.25) is 0 Å². The van der Waals surface area contributed by atoms with E-state index in [-0.39, 0.29) is 22.4 Å². The molecule has 1 aliphatic rings. The number of benzene rings is 3. The number of nitrogens with zero attached hydrogens (tertiary/aromatic N) is 1. The Morgan fingerprint density at radius 3 is 2.35 bits per heavy atom. The summed E-state index contributed by atoms with van der Waals surface area (Å²) in [7, 11) is 0. The average Bonchev–Trinajstić information content (AvgIpc) is 2.80. The molecule has 1 saturated heterocycles. The summed E-state index contributed by atoms with van der Waals surface area (Å²) in [5.41, 5.74) is 1.53. The highest BCUT2D eigenvalue weighted by atomic mass is 79.9. The van der Waals surface area contributed by atoms with Crippen LogP contribution in [0.5, 0.6) is 5.75 Å². The number of aryl methyl sites for hydroxylation is 1. The fourth-order valence-electron chi connectivity index (χ4n) is 3.21. The summed E-state index contributed by atoms with van der Waals surface area (Å²) < 4.78 is 6.14. The Morgan fingerprint density at radius 2 is 1.68 bits per heavy atom. The Balaban J connectivity index is 1.70. The Kier molecular flexibility index (Phi) is 6.63. The number of carbonyl (C=O) groups is 4. The van der Waals surface area contributed by atoms with E-state index in [0.29, 0.717) is 15.2 Å². The van der Waals surface area contributed by atoms with Crippen molar-refractivity contribution in [2.75, 3.05) is 4.90 Å². The molecule has 1 N–H and O–H groups in total. The molecule has 1 fully saturated rings. The molecule has 1 aliphatic heterocycles. The van der Waals surface area contributed by atoms with E-state index in [2.05, 4.69) is 21.2 Å². The zero-order valence-corrected chi connectivity index (χ0v) is 20.0. The highest BCUT2D eigenvalue weighted by molar-refractivity contribution is 9.10. The van der Waals surface area contributed by atoms with Crippen molar-refractivity contribution in [2.24, 2.45) is 0 Å². The predicted octanol–water partition coefficient (Wildman–Crippen LogP) is 5.30. The largest absolute Gasteiger partial charge is 0.422 e. The number of barbiturate groups is 1. The highest BCUT2D eigenvalue weighted by Crippen LogP contribution is 2.29. The first-order chi connectivity index (χ1) is 16.2. The minimum absolute atomic E-state index is 0.120. The Labute approximate surface area is 208 Å². The van der Waals surface area contributed by atoms with Gasteiger partial charge in [0.05, 0.1) is 11.3 Å². The third-order valence-corrected chi connectivity index (χ3v) is 5.69. The van der Waals surface area contributed by atoms with Crippen LogP contribution in [0.2, 0.25) is 5.02 Å². The van der Waals surface area contributed by atoms with Crippen molar-refractivity contribution in [2.45, 2.75) is 6.92 Å². The molecule has 0 aromatic heterocycles. The van der Waals surface area contributed by atoms with E-state index in [0.717, 1.165) is 10.5 Å². The van der Waals surface area contributed by atoms with Crippen LogP contribution < -0.4 is 15.0 Å². The molecule has 4 rings (SSSR count). The van der Waals surface area contributed by atoms with Crippen molar-refractivity contribution in [3.8, 4) is 5.75 Å². The number of hydrogen-bond donors (Lipinski definition) is 1. The Bertz CT molecular complexity index is 1350. The van der Waals surface area contributed by atoms with Crippen LogP contribution in [0.1, 0.15) is 21.5 Å². The standard InChI is InChI=1S/C25H16BrClN2O5/c1-14-2-9-19(10-3-14)29-23(31)20(22(30)28-25(29)33)13-16-12-17(26)6-11-21(16)34-24(32)15-4-7-18(27)8-5-15/h2-13H,1H3,(H,28,30,33)/b20-13-. The SMILES string of the molecule is Cc1ccc(N2C(=O)NC(=O)/C(=C/c3cc(Br)ccc3OC(=O)c3ccc(Cl)cc3)C2=O)cc1. The van der Waals surface area contributed by atoms with Gasteiger partial charge in [-0.1, -0.05) is 45.2 Å². The summed E-state index contributed by atoms with van der Waals surface area (Å²) in [4.78, 5) is 51.6. The normalized spacial score (nSPS) is 14.9. The molecule has 0 aliphatic carbocycles. The van der Waals surface area contributed by atoms with Gasteiger partial charge < -0.3 is 4.74 Å². The van der Waals surface area contributed by atoms with Crippen LogP contribution in [-0.2, 0) is 9.59 Å². The van der Waals surface area contributed by atoms with Gasteiger partial charge in [-0.15, -0.1) is 0 Å². The van der Waals surface area contributed by atoms with E-state index < -0.39 is 23.8 Å². The fraction of sp³-hybridized carbons (Fsp3) is 0.0400. The van der Waals surface area contributed by atoms with Gasteiger partial charge >= 0.3 is 12.0 Å². The minimum Gasteiger partial charge on any atom is -0.422 e. The van der Waals surface area contributed by atoms with Gasteiger partial charge in [-0.2, -0.15) is 0 Å². The van der Waals surface area contributed by atoms with Gasteiger partial charge in [-0.25, -0.2) is 14.5 Å². The van der Waals surface area contributed by atoms with Crippen LogP contribution >= 0.6 is 27.5 Å². The van der Waals surface area contributed by atoms with Crippen molar-refractivity contribution < 1.29 is 23.9 Å². The molecule has 0 bridgehead atoms. The number of imide groups is 2. The second-order valence-corrected chi connectivity index (χ2v) is 8.72. The third kappa shape index (κ3) is 4.93.